The highest BCUT2D eigenvalue weighted by Gasteiger charge is 2.56. The number of rotatable bonds is 6. The van der Waals surface area contributed by atoms with Crippen LogP contribution in [0.25, 0.3) is 28.0 Å². The lowest BCUT2D eigenvalue weighted by molar-refractivity contribution is -0.111. The minimum Gasteiger partial charge on any atom is -0.382 e. The zero-order valence-corrected chi connectivity index (χ0v) is 23.7. The molecule has 41 heavy (non-hydrogen) atoms. The van der Waals surface area contributed by atoms with Crippen LogP contribution in [0.1, 0.15) is 44.2 Å². The number of aromatic nitrogens is 4. The maximum Gasteiger partial charge on any atom is 0.181 e. The molecular formula is C30H33N7O3S. The van der Waals surface area contributed by atoms with E-state index in [0.717, 1.165) is 73.7 Å². The fourth-order valence-electron chi connectivity index (χ4n) is 7.52. The molecule has 11 heteroatoms. The topological polar surface area (TPSA) is 136 Å². The molecule has 0 amide bonds. The van der Waals surface area contributed by atoms with Crippen molar-refractivity contribution in [3.05, 3.63) is 60.6 Å². The second-order valence-electron chi connectivity index (χ2n) is 11.5. The molecule has 3 fully saturated rings. The largest absolute Gasteiger partial charge is 0.382 e. The van der Waals surface area contributed by atoms with Crippen molar-refractivity contribution < 1.29 is 13.2 Å². The predicted octanol–water partition coefficient (Wildman–Crippen LogP) is 3.22. The Labute approximate surface area is 238 Å². The van der Waals surface area contributed by atoms with Crippen LogP contribution in [0.2, 0.25) is 0 Å². The van der Waals surface area contributed by atoms with Gasteiger partial charge in [-0.1, -0.05) is 36.4 Å². The van der Waals surface area contributed by atoms with Gasteiger partial charge in [0.1, 0.15) is 17.0 Å². The molecule has 7 rings (SSSR count). The number of pyridine rings is 1. The number of nitrogen functional groups attached to an aromatic ring is 1. The van der Waals surface area contributed by atoms with E-state index in [1.54, 1.807) is 12.4 Å². The number of piperidine rings is 1. The van der Waals surface area contributed by atoms with Gasteiger partial charge in [0.05, 0.1) is 29.2 Å². The first-order chi connectivity index (χ1) is 19.8. The van der Waals surface area contributed by atoms with Gasteiger partial charge in [-0.3, -0.25) is 9.88 Å². The third kappa shape index (κ3) is 4.09. The van der Waals surface area contributed by atoms with Crippen molar-refractivity contribution in [1.82, 2.24) is 29.8 Å². The average Bonchev–Trinajstić information content (AvgIpc) is 3.67. The molecule has 0 radical (unpaired) electrons. The van der Waals surface area contributed by atoms with E-state index in [2.05, 4.69) is 20.3 Å². The van der Waals surface area contributed by atoms with Crippen LogP contribution < -0.4 is 11.1 Å². The van der Waals surface area contributed by atoms with Crippen LogP contribution in [-0.4, -0.2) is 70.1 Å². The molecule has 3 aliphatic rings. The Morgan fingerprint density at radius 3 is 2.61 bits per heavy atom. The molecule has 2 bridgehead atoms. The summed E-state index contributed by atoms with van der Waals surface area (Å²) < 4.78 is 28.2. The van der Waals surface area contributed by atoms with E-state index in [1.807, 2.05) is 42.5 Å². The summed E-state index contributed by atoms with van der Waals surface area (Å²) in [6.45, 7) is 0.750. The number of carbonyl (C=O) groups excluding carboxylic acids is 1. The van der Waals surface area contributed by atoms with E-state index < -0.39 is 15.4 Å². The molecule has 3 aliphatic heterocycles. The summed E-state index contributed by atoms with van der Waals surface area (Å²) in [6, 6.07) is 13.8. The van der Waals surface area contributed by atoms with E-state index >= 15 is 0 Å². The van der Waals surface area contributed by atoms with Crippen LogP contribution in [0, 0.1) is 0 Å². The molecule has 0 saturated carbocycles. The number of anilines is 1. The third-order valence-electron chi connectivity index (χ3n) is 9.24. The first kappa shape index (κ1) is 26.2. The van der Waals surface area contributed by atoms with Crippen LogP contribution in [0.4, 0.5) is 5.82 Å². The van der Waals surface area contributed by atoms with Gasteiger partial charge in [0, 0.05) is 41.2 Å². The Morgan fingerprint density at radius 1 is 1.05 bits per heavy atom. The zero-order valence-electron chi connectivity index (χ0n) is 22.9. The van der Waals surface area contributed by atoms with E-state index in [1.165, 1.54) is 10.8 Å². The Balaban J connectivity index is 1.41. The van der Waals surface area contributed by atoms with Gasteiger partial charge in [0.15, 0.2) is 15.5 Å². The van der Waals surface area contributed by atoms with Crippen LogP contribution in [-0.2, 0) is 20.2 Å². The van der Waals surface area contributed by atoms with E-state index in [-0.39, 0.29) is 28.8 Å². The standard InChI is InChI=1S/C30H33N7O3S/c1-41(39,40)26-27(30-13-5-8-21(11-14-30)36(30)25-12-15-32-24(25)18-38)35-29-22(17-34-37(29)28(26)31)20-9-10-23(33-16-20)19-6-3-2-4-7-19/h2-4,6-7,9-10,16-18,21,24-25,32H,5,8,11-15,31H2,1H3/t21-,24-,25-,30+/m0/s1. The summed E-state index contributed by atoms with van der Waals surface area (Å²) in [5.74, 6) is 0.0625. The molecule has 1 aromatic carbocycles. The first-order valence-corrected chi connectivity index (χ1v) is 16.1. The highest BCUT2D eigenvalue weighted by atomic mass is 32.2. The second-order valence-corrected chi connectivity index (χ2v) is 13.5. The van der Waals surface area contributed by atoms with Gasteiger partial charge in [0.25, 0.3) is 0 Å². The summed E-state index contributed by atoms with van der Waals surface area (Å²) >= 11 is 0. The molecule has 3 N–H and O–H groups in total. The molecule has 4 atom stereocenters. The second kappa shape index (κ2) is 9.71. The minimum absolute atomic E-state index is 0.0222. The Morgan fingerprint density at radius 2 is 1.88 bits per heavy atom. The van der Waals surface area contributed by atoms with Crippen LogP contribution in [0.15, 0.2) is 59.8 Å². The van der Waals surface area contributed by atoms with Gasteiger partial charge in [-0.2, -0.15) is 9.61 Å². The maximum absolute atomic E-state index is 13.4. The van der Waals surface area contributed by atoms with Gasteiger partial charge >= 0.3 is 0 Å². The number of nitrogens with zero attached hydrogens (tertiary/aromatic N) is 5. The lowest BCUT2D eigenvalue weighted by atomic mass is 9.82. The predicted molar refractivity (Wildman–Crippen MR) is 156 cm³/mol. The molecule has 4 aromatic rings. The summed E-state index contributed by atoms with van der Waals surface area (Å²) in [6.07, 6.45) is 10.9. The van der Waals surface area contributed by atoms with Crippen LogP contribution in [0.5, 0.6) is 0 Å². The lowest BCUT2D eigenvalue weighted by Crippen LogP contribution is -2.57. The van der Waals surface area contributed by atoms with Crippen molar-refractivity contribution in [3.8, 4) is 22.4 Å². The molecule has 0 unspecified atom stereocenters. The molecule has 3 saturated heterocycles. The van der Waals surface area contributed by atoms with Crippen LogP contribution in [0.3, 0.4) is 0 Å². The highest BCUT2D eigenvalue weighted by Crippen LogP contribution is 2.54. The molecule has 0 aliphatic carbocycles. The molecule has 3 aromatic heterocycles. The van der Waals surface area contributed by atoms with Crippen LogP contribution >= 0.6 is 0 Å². The van der Waals surface area contributed by atoms with E-state index in [0.29, 0.717) is 11.3 Å². The minimum atomic E-state index is -3.76. The quantitative estimate of drug-likeness (QED) is 0.334. The van der Waals surface area contributed by atoms with Gasteiger partial charge < -0.3 is 15.8 Å². The maximum atomic E-state index is 13.4. The Kier molecular flexibility index (Phi) is 6.22. The summed E-state index contributed by atoms with van der Waals surface area (Å²) in [5.41, 5.74) is 10.4. The van der Waals surface area contributed by atoms with Gasteiger partial charge in [-0.25, -0.2) is 13.4 Å². The van der Waals surface area contributed by atoms with Gasteiger partial charge in [0.2, 0.25) is 0 Å². The summed E-state index contributed by atoms with van der Waals surface area (Å²) in [7, 11) is -3.76. The number of sulfone groups is 1. The number of carbonyl (C=O) groups is 1. The number of aldehydes is 1. The fourth-order valence-corrected chi connectivity index (χ4v) is 8.57. The summed E-state index contributed by atoms with van der Waals surface area (Å²) in [5, 5.41) is 7.81. The first-order valence-electron chi connectivity index (χ1n) is 14.2. The van der Waals surface area contributed by atoms with Crippen molar-refractivity contribution in [1.29, 1.82) is 0 Å². The normalized spacial score (nSPS) is 26.5. The number of benzene rings is 1. The van der Waals surface area contributed by atoms with Crippen molar-refractivity contribution in [2.75, 3.05) is 18.5 Å². The molecular weight excluding hydrogens is 538 g/mol. The zero-order chi connectivity index (χ0) is 28.4. The van der Waals surface area contributed by atoms with Crippen molar-refractivity contribution in [2.24, 2.45) is 0 Å². The highest BCUT2D eigenvalue weighted by molar-refractivity contribution is 7.91. The number of fused-ring (bicyclic) bond motifs is 3. The third-order valence-corrected chi connectivity index (χ3v) is 10.4. The molecule has 10 nitrogen and oxygen atoms in total. The monoisotopic (exact) mass is 571 g/mol. The number of hydrogen-bond donors (Lipinski definition) is 2. The van der Waals surface area contributed by atoms with Gasteiger partial charge in [-0.05, 0) is 51.1 Å². The fraction of sp³-hybridized carbons (Fsp3) is 0.400. The smallest absolute Gasteiger partial charge is 0.181 e. The number of hydrogen-bond acceptors (Lipinski definition) is 9. The van der Waals surface area contributed by atoms with E-state index in [9.17, 15) is 13.2 Å². The Hall–Kier alpha value is -3.67. The molecule has 212 valence electrons. The molecule has 0 spiro atoms. The van der Waals surface area contributed by atoms with Crippen molar-refractivity contribution >= 4 is 27.6 Å². The van der Waals surface area contributed by atoms with Crippen molar-refractivity contribution in [2.45, 2.75) is 67.1 Å². The van der Waals surface area contributed by atoms with Gasteiger partial charge in [-0.15, -0.1) is 0 Å². The SMILES string of the molecule is CS(=O)(=O)c1c([C@@]23CCC[C@@H](CC2)N3[C@H]2CCN[C@H]2C=O)nc2c(-c3ccc(-c4ccccc4)nc3)cnn2c1N. The number of nitrogens with two attached hydrogens (primary N) is 1. The lowest BCUT2D eigenvalue weighted by Gasteiger charge is -2.49. The Bertz CT molecular complexity index is 1740. The average molecular weight is 572 g/mol. The van der Waals surface area contributed by atoms with Crippen molar-refractivity contribution in [3.63, 3.8) is 0 Å². The number of nitrogens with one attached hydrogen (secondary N) is 1. The van der Waals surface area contributed by atoms with E-state index in [4.69, 9.17) is 10.7 Å². The molecule has 6 heterocycles. The summed E-state index contributed by atoms with van der Waals surface area (Å²) in [4.78, 5) is 24.3.